The number of likely N-dealkylation sites (tertiary alicyclic amines) is 1. The fraction of sp³-hybridized carbons (Fsp3) is 0.579. The Hall–Kier alpha value is -2.28. The third-order valence-corrected chi connectivity index (χ3v) is 4.20. The van der Waals surface area contributed by atoms with Crippen LogP contribution in [0.5, 0.6) is 0 Å². The lowest BCUT2D eigenvalue weighted by Gasteiger charge is -2.32. The predicted octanol–water partition coefficient (Wildman–Crippen LogP) is 2.98. The Morgan fingerprint density at radius 2 is 2.00 bits per heavy atom. The summed E-state index contributed by atoms with van der Waals surface area (Å²) in [6.45, 7) is 7.01. The van der Waals surface area contributed by atoms with E-state index in [1.165, 1.54) is 4.90 Å². The molecule has 0 radical (unpaired) electrons. The van der Waals surface area contributed by atoms with Gasteiger partial charge in [0.05, 0.1) is 6.04 Å². The van der Waals surface area contributed by atoms with Crippen molar-refractivity contribution in [3.63, 3.8) is 0 Å². The van der Waals surface area contributed by atoms with Gasteiger partial charge in [-0.2, -0.15) is 0 Å². The third-order valence-electron chi connectivity index (χ3n) is 4.20. The molecule has 144 valence electrons. The molecule has 0 bridgehead atoms. The maximum atomic E-state index is 12.2. The van der Waals surface area contributed by atoms with Gasteiger partial charge in [-0.15, -0.1) is 0 Å². The average molecular weight is 363 g/mol. The summed E-state index contributed by atoms with van der Waals surface area (Å²) >= 11 is 0. The van der Waals surface area contributed by atoms with Gasteiger partial charge in [0.1, 0.15) is 5.60 Å². The fourth-order valence-electron chi connectivity index (χ4n) is 2.99. The number of carboxylic acid groups (broad SMARTS) is 1. The molecule has 1 fully saturated rings. The van der Waals surface area contributed by atoms with Crippen molar-refractivity contribution in [3.8, 4) is 0 Å². The molecule has 1 aliphatic heterocycles. The van der Waals surface area contributed by atoms with Crippen LogP contribution in [-0.2, 0) is 4.74 Å². The van der Waals surface area contributed by atoms with Gasteiger partial charge in [-0.25, -0.2) is 9.59 Å². The largest absolute Gasteiger partial charge is 0.465 e. The Morgan fingerprint density at radius 1 is 1.31 bits per heavy atom. The zero-order chi connectivity index (χ0) is 19.2. The highest BCUT2D eigenvalue weighted by Crippen LogP contribution is 2.16. The topological polar surface area (TPSA) is 90.9 Å². The summed E-state index contributed by atoms with van der Waals surface area (Å²) in [5.41, 5.74) is 0.404. The molecule has 7 nitrogen and oxygen atoms in total. The number of nitrogens with zero attached hydrogens (tertiary/aromatic N) is 1. The van der Waals surface area contributed by atoms with E-state index in [4.69, 9.17) is 9.84 Å². The summed E-state index contributed by atoms with van der Waals surface area (Å²) in [6, 6.07) is 9.49. The SMILES string of the molecule is CC(C)(C)OC(=O)NC(CNC1CCCN(C(=O)O)C1)c1ccccc1. The number of carbonyl (C=O) groups excluding carboxylic acids is 1. The maximum absolute atomic E-state index is 12.2. The third kappa shape index (κ3) is 6.55. The highest BCUT2D eigenvalue weighted by atomic mass is 16.6. The van der Waals surface area contributed by atoms with Gasteiger partial charge >= 0.3 is 12.2 Å². The van der Waals surface area contributed by atoms with E-state index < -0.39 is 17.8 Å². The highest BCUT2D eigenvalue weighted by Gasteiger charge is 2.25. The predicted molar refractivity (Wildman–Crippen MR) is 99.2 cm³/mol. The van der Waals surface area contributed by atoms with Crippen LogP contribution in [0.3, 0.4) is 0 Å². The number of carbonyl (C=O) groups is 2. The Balaban J connectivity index is 1.98. The van der Waals surface area contributed by atoms with Gasteiger partial charge in [0.2, 0.25) is 0 Å². The van der Waals surface area contributed by atoms with E-state index in [1.807, 2.05) is 51.1 Å². The zero-order valence-corrected chi connectivity index (χ0v) is 15.7. The fourth-order valence-corrected chi connectivity index (χ4v) is 2.99. The van der Waals surface area contributed by atoms with Crippen molar-refractivity contribution in [3.05, 3.63) is 35.9 Å². The molecule has 7 heteroatoms. The molecule has 1 saturated heterocycles. The molecule has 0 spiro atoms. The van der Waals surface area contributed by atoms with Gasteiger partial charge in [0, 0.05) is 25.7 Å². The Labute approximate surface area is 154 Å². The zero-order valence-electron chi connectivity index (χ0n) is 15.7. The van der Waals surface area contributed by atoms with Crippen LogP contribution in [0.1, 0.15) is 45.2 Å². The van der Waals surface area contributed by atoms with Crippen molar-refractivity contribution in [1.29, 1.82) is 0 Å². The van der Waals surface area contributed by atoms with Crippen LogP contribution < -0.4 is 10.6 Å². The summed E-state index contributed by atoms with van der Waals surface area (Å²) in [4.78, 5) is 24.8. The van der Waals surface area contributed by atoms with Crippen LogP contribution in [0.15, 0.2) is 30.3 Å². The molecule has 0 aliphatic carbocycles. The minimum atomic E-state index is -0.886. The Morgan fingerprint density at radius 3 is 2.62 bits per heavy atom. The monoisotopic (exact) mass is 363 g/mol. The summed E-state index contributed by atoms with van der Waals surface area (Å²) in [5.74, 6) is 0. The van der Waals surface area contributed by atoms with Crippen LogP contribution in [0, 0.1) is 0 Å². The van der Waals surface area contributed by atoms with Crippen molar-refractivity contribution >= 4 is 12.2 Å². The molecular formula is C19H29N3O4. The normalized spacial score (nSPS) is 18.9. The molecule has 2 unspecified atom stereocenters. The molecule has 3 N–H and O–H groups in total. The number of hydrogen-bond donors (Lipinski definition) is 3. The van der Waals surface area contributed by atoms with Gasteiger partial charge in [-0.05, 0) is 39.2 Å². The first-order chi connectivity index (χ1) is 12.2. The first-order valence-corrected chi connectivity index (χ1v) is 9.00. The standard InChI is InChI=1S/C19H29N3O4/c1-19(2,3)26-17(23)21-16(14-8-5-4-6-9-14)12-20-15-10-7-11-22(13-15)18(24)25/h4-6,8-9,15-16,20H,7,10-13H2,1-3H3,(H,21,23)(H,24,25). The van der Waals surface area contributed by atoms with Crippen molar-refractivity contribution in [2.45, 2.75) is 51.3 Å². The molecular weight excluding hydrogens is 334 g/mol. The molecule has 1 aliphatic rings. The molecule has 0 saturated carbocycles. The number of benzene rings is 1. The van der Waals surface area contributed by atoms with Crippen LogP contribution in [0.2, 0.25) is 0 Å². The van der Waals surface area contributed by atoms with Crippen LogP contribution in [0.25, 0.3) is 0 Å². The quantitative estimate of drug-likeness (QED) is 0.748. The number of ether oxygens (including phenoxy) is 1. The van der Waals surface area contributed by atoms with Gasteiger partial charge in [0.15, 0.2) is 0 Å². The molecule has 1 heterocycles. The summed E-state index contributed by atoms with van der Waals surface area (Å²) in [7, 11) is 0. The molecule has 0 aromatic heterocycles. The minimum Gasteiger partial charge on any atom is -0.465 e. The van der Waals surface area contributed by atoms with Crippen LogP contribution >= 0.6 is 0 Å². The lowest BCUT2D eigenvalue weighted by Crippen LogP contribution is -2.49. The number of amides is 2. The van der Waals surface area contributed by atoms with Crippen molar-refractivity contribution in [2.75, 3.05) is 19.6 Å². The molecule has 26 heavy (non-hydrogen) atoms. The second-order valence-electron chi connectivity index (χ2n) is 7.59. The summed E-state index contributed by atoms with van der Waals surface area (Å²) in [5, 5.41) is 15.5. The number of hydrogen-bond acceptors (Lipinski definition) is 4. The smallest absolute Gasteiger partial charge is 0.408 e. The Bertz CT molecular complexity index is 601. The summed E-state index contributed by atoms with van der Waals surface area (Å²) in [6.07, 6.45) is 0.393. The van der Waals surface area contributed by atoms with E-state index in [-0.39, 0.29) is 12.1 Å². The lowest BCUT2D eigenvalue weighted by molar-refractivity contribution is 0.0501. The molecule has 2 rings (SSSR count). The molecule has 1 aromatic carbocycles. The van der Waals surface area contributed by atoms with Gasteiger partial charge in [-0.3, -0.25) is 0 Å². The lowest BCUT2D eigenvalue weighted by atomic mass is 10.0. The van der Waals surface area contributed by atoms with Crippen LogP contribution in [-0.4, -0.2) is 53.5 Å². The van der Waals surface area contributed by atoms with E-state index in [0.29, 0.717) is 19.6 Å². The molecule has 1 aromatic rings. The van der Waals surface area contributed by atoms with Crippen LogP contribution in [0.4, 0.5) is 9.59 Å². The van der Waals surface area contributed by atoms with Crippen molar-refractivity contribution < 1.29 is 19.4 Å². The maximum Gasteiger partial charge on any atom is 0.408 e. The van der Waals surface area contributed by atoms with E-state index >= 15 is 0 Å². The number of piperidine rings is 1. The highest BCUT2D eigenvalue weighted by molar-refractivity contribution is 5.68. The first-order valence-electron chi connectivity index (χ1n) is 9.00. The van der Waals surface area contributed by atoms with Gasteiger partial charge < -0.3 is 25.4 Å². The van der Waals surface area contributed by atoms with Gasteiger partial charge in [-0.1, -0.05) is 30.3 Å². The van der Waals surface area contributed by atoms with E-state index in [1.54, 1.807) is 0 Å². The van der Waals surface area contributed by atoms with Crippen molar-refractivity contribution in [1.82, 2.24) is 15.5 Å². The average Bonchev–Trinajstić information content (AvgIpc) is 2.58. The van der Waals surface area contributed by atoms with Gasteiger partial charge in [0.25, 0.3) is 0 Å². The summed E-state index contributed by atoms with van der Waals surface area (Å²) < 4.78 is 5.37. The van der Waals surface area contributed by atoms with E-state index in [9.17, 15) is 9.59 Å². The minimum absolute atomic E-state index is 0.0755. The van der Waals surface area contributed by atoms with E-state index in [2.05, 4.69) is 10.6 Å². The second-order valence-corrected chi connectivity index (χ2v) is 7.59. The Kier molecular flexibility index (Phi) is 6.85. The van der Waals surface area contributed by atoms with Crippen molar-refractivity contribution in [2.24, 2.45) is 0 Å². The van der Waals surface area contributed by atoms with E-state index in [0.717, 1.165) is 18.4 Å². The second kappa shape index (κ2) is 8.89. The molecule has 2 amide bonds. The number of alkyl carbamates (subject to hydrolysis) is 1. The number of nitrogens with one attached hydrogen (secondary N) is 2. The first kappa shape index (κ1) is 20.0. The molecule has 2 atom stereocenters. The number of rotatable bonds is 5.